The molecule has 0 saturated carbocycles. The Balaban J connectivity index is 2.33. The van der Waals surface area contributed by atoms with Crippen molar-refractivity contribution in [3.63, 3.8) is 0 Å². The van der Waals surface area contributed by atoms with Gasteiger partial charge in [0, 0.05) is 19.0 Å². The van der Waals surface area contributed by atoms with Crippen LogP contribution in [0.25, 0.3) is 0 Å². The smallest absolute Gasteiger partial charge is 0.194 e. The largest absolute Gasteiger partial charge is 0.466 e. The predicted molar refractivity (Wildman–Crippen MR) is 85.7 cm³/mol. The minimum Gasteiger partial charge on any atom is -0.466 e. The van der Waals surface area contributed by atoms with Crippen molar-refractivity contribution in [2.45, 2.75) is 12.8 Å². The van der Waals surface area contributed by atoms with Crippen molar-refractivity contribution >= 4 is 0 Å². The van der Waals surface area contributed by atoms with Gasteiger partial charge in [0.05, 0.1) is 29.3 Å². The second-order valence-corrected chi connectivity index (χ2v) is 6.35. The van der Waals surface area contributed by atoms with Crippen molar-refractivity contribution in [2.24, 2.45) is 17.1 Å². The predicted octanol–water partition coefficient (Wildman–Crippen LogP) is 1.94. The number of furan rings is 1. The van der Waals surface area contributed by atoms with Crippen molar-refractivity contribution in [1.82, 2.24) is 4.90 Å². The van der Waals surface area contributed by atoms with E-state index in [2.05, 4.69) is 23.1 Å². The second kappa shape index (κ2) is 5.57. The van der Waals surface area contributed by atoms with Crippen LogP contribution in [0.1, 0.15) is 17.4 Å². The van der Waals surface area contributed by atoms with E-state index in [9.17, 15) is 15.8 Å². The molecule has 0 amide bonds. The van der Waals surface area contributed by atoms with Crippen LogP contribution in [0, 0.1) is 52.2 Å². The highest BCUT2D eigenvalue weighted by Crippen LogP contribution is 2.54. The zero-order valence-corrected chi connectivity index (χ0v) is 13.6. The highest BCUT2D eigenvalue weighted by molar-refractivity contribution is 5.58. The average Bonchev–Trinajstić information content (AvgIpc) is 3.00. The van der Waals surface area contributed by atoms with E-state index in [1.807, 2.05) is 26.1 Å². The standard InChI is InChI=1S/C18H17N5O/c1-11-3-4-15(24-11)16-14-8-23(2)6-5-12(14)13(7-19)17(22)18(16,9-20)10-21/h3-5,14,16H,6,8,22H2,1-2H3/t14-,16-/m1/s1. The highest BCUT2D eigenvalue weighted by atomic mass is 16.3. The Labute approximate surface area is 140 Å². The van der Waals surface area contributed by atoms with Gasteiger partial charge in [0.15, 0.2) is 5.41 Å². The number of nitriles is 3. The summed E-state index contributed by atoms with van der Waals surface area (Å²) in [6, 6.07) is 9.88. The van der Waals surface area contributed by atoms with Crippen LogP contribution < -0.4 is 5.73 Å². The average molecular weight is 319 g/mol. The van der Waals surface area contributed by atoms with E-state index < -0.39 is 11.3 Å². The van der Waals surface area contributed by atoms with Gasteiger partial charge in [-0.2, -0.15) is 15.8 Å². The van der Waals surface area contributed by atoms with E-state index >= 15 is 0 Å². The number of aryl methyl sites for hydroxylation is 1. The third-order valence-corrected chi connectivity index (χ3v) is 4.91. The molecule has 6 heteroatoms. The molecule has 1 aliphatic carbocycles. The normalized spacial score (nSPS) is 25.9. The lowest BCUT2D eigenvalue weighted by Gasteiger charge is -2.43. The monoisotopic (exact) mass is 319 g/mol. The zero-order valence-electron chi connectivity index (χ0n) is 13.6. The number of hydrogen-bond acceptors (Lipinski definition) is 6. The molecule has 0 bridgehead atoms. The Kier molecular flexibility index (Phi) is 3.68. The quantitative estimate of drug-likeness (QED) is 0.846. The maximum absolute atomic E-state index is 9.85. The molecule has 0 saturated heterocycles. The summed E-state index contributed by atoms with van der Waals surface area (Å²) in [6.45, 7) is 3.14. The molecule has 2 heterocycles. The molecular weight excluding hydrogens is 302 g/mol. The Morgan fingerprint density at radius 2 is 2.00 bits per heavy atom. The summed E-state index contributed by atoms with van der Waals surface area (Å²) >= 11 is 0. The molecule has 1 aromatic rings. The van der Waals surface area contributed by atoms with Crippen molar-refractivity contribution in [3.05, 3.63) is 46.6 Å². The lowest BCUT2D eigenvalue weighted by atomic mass is 9.59. The van der Waals surface area contributed by atoms with E-state index in [4.69, 9.17) is 10.2 Å². The van der Waals surface area contributed by atoms with E-state index in [1.54, 1.807) is 6.07 Å². The first kappa shape index (κ1) is 15.9. The van der Waals surface area contributed by atoms with Gasteiger partial charge >= 0.3 is 0 Å². The van der Waals surface area contributed by atoms with Gasteiger partial charge in [-0.1, -0.05) is 6.08 Å². The molecule has 24 heavy (non-hydrogen) atoms. The number of nitrogens with two attached hydrogens (primary N) is 1. The summed E-state index contributed by atoms with van der Waals surface area (Å²) in [6.07, 6.45) is 1.96. The van der Waals surface area contributed by atoms with Gasteiger partial charge in [-0.15, -0.1) is 0 Å². The number of hydrogen-bond donors (Lipinski definition) is 1. The van der Waals surface area contributed by atoms with Gasteiger partial charge in [0.2, 0.25) is 0 Å². The summed E-state index contributed by atoms with van der Waals surface area (Å²) in [5.74, 6) is 0.516. The van der Waals surface area contributed by atoms with Gasteiger partial charge in [0.1, 0.15) is 17.6 Å². The van der Waals surface area contributed by atoms with Crippen molar-refractivity contribution in [1.29, 1.82) is 15.8 Å². The summed E-state index contributed by atoms with van der Waals surface area (Å²) in [4.78, 5) is 2.09. The molecule has 1 aromatic heterocycles. The van der Waals surface area contributed by atoms with Gasteiger partial charge in [-0.25, -0.2) is 0 Å². The van der Waals surface area contributed by atoms with Crippen LogP contribution in [0.5, 0.6) is 0 Å². The molecule has 2 atom stereocenters. The summed E-state index contributed by atoms with van der Waals surface area (Å²) in [5.41, 5.74) is 5.67. The first-order chi connectivity index (χ1) is 11.5. The topological polar surface area (TPSA) is 114 Å². The van der Waals surface area contributed by atoms with E-state index in [1.165, 1.54) is 0 Å². The molecular formula is C18H17N5O. The molecule has 2 N–H and O–H groups in total. The molecule has 2 aliphatic rings. The zero-order chi connectivity index (χ0) is 17.5. The van der Waals surface area contributed by atoms with Gasteiger partial charge in [0.25, 0.3) is 0 Å². The molecule has 1 aliphatic heterocycles. The molecule has 0 radical (unpaired) electrons. The first-order valence-corrected chi connectivity index (χ1v) is 7.66. The number of likely N-dealkylation sites (N-methyl/N-ethyl adjacent to an activating group) is 1. The van der Waals surface area contributed by atoms with E-state index in [0.717, 1.165) is 5.57 Å². The van der Waals surface area contributed by atoms with Crippen LogP contribution in [0.4, 0.5) is 0 Å². The van der Waals surface area contributed by atoms with Crippen LogP contribution in [0.3, 0.4) is 0 Å². The number of allylic oxidation sites excluding steroid dienone is 2. The van der Waals surface area contributed by atoms with Gasteiger partial charge in [-0.05, 0) is 31.7 Å². The lowest BCUT2D eigenvalue weighted by molar-refractivity contribution is 0.217. The van der Waals surface area contributed by atoms with Crippen LogP contribution in [0.15, 0.2) is 39.5 Å². The molecule has 3 rings (SSSR count). The first-order valence-electron chi connectivity index (χ1n) is 7.66. The van der Waals surface area contributed by atoms with Crippen molar-refractivity contribution in [2.75, 3.05) is 20.1 Å². The maximum Gasteiger partial charge on any atom is 0.194 e. The summed E-state index contributed by atoms with van der Waals surface area (Å²) in [7, 11) is 1.96. The van der Waals surface area contributed by atoms with E-state index in [0.29, 0.717) is 24.6 Å². The Morgan fingerprint density at radius 1 is 1.29 bits per heavy atom. The van der Waals surface area contributed by atoms with Gasteiger partial charge in [-0.3, -0.25) is 0 Å². The van der Waals surface area contributed by atoms with Crippen LogP contribution >= 0.6 is 0 Å². The fourth-order valence-corrected chi connectivity index (χ4v) is 3.75. The van der Waals surface area contributed by atoms with Crippen molar-refractivity contribution in [3.8, 4) is 18.2 Å². The number of nitrogens with zero attached hydrogens (tertiary/aromatic N) is 4. The molecule has 120 valence electrons. The second-order valence-electron chi connectivity index (χ2n) is 6.35. The van der Waals surface area contributed by atoms with E-state index in [-0.39, 0.29) is 17.2 Å². The Hall–Kier alpha value is -3.01. The van der Waals surface area contributed by atoms with Crippen LogP contribution in [0.2, 0.25) is 0 Å². The molecule has 0 unspecified atom stereocenters. The minimum atomic E-state index is -1.62. The number of fused-ring (bicyclic) bond motifs is 1. The molecule has 6 nitrogen and oxygen atoms in total. The maximum atomic E-state index is 9.85. The molecule has 0 spiro atoms. The molecule has 0 aromatic carbocycles. The third-order valence-electron chi connectivity index (χ3n) is 4.91. The van der Waals surface area contributed by atoms with Gasteiger partial charge < -0.3 is 15.1 Å². The minimum absolute atomic E-state index is 0.0288. The van der Waals surface area contributed by atoms with Crippen LogP contribution in [-0.4, -0.2) is 25.0 Å². The Morgan fingerprint density at radius 3 is 2.54 bits per heavy atom. The number of rotatable bonds is 1. The fourth-order valence-electron chi connectivity index (χ4n) is 3.75. The fraction of sp³-hybridized carbons (Fsp3) is 0.389. The molecule has 0 fully saturated rings. The Bertz CT molecular complexity index is 856. The highest BCUT2D eigenvalue weighted by Gasteiger charge is 2.55. The lowest BCUT2D eigenvalue weighted by Crippen LogP contribution is -2.47. The summed E-state index contributed by atoms with van der Waals surface area (Å²) < 4.78 is 5.77. The SMILES string of the molecule is Cc1ccc([C@H]2[C@@H]3CN(C)CC=C3C(C#N)=C(N)C2(C#N)C#N)o1. The van der Waals surface area contributed by atoms with Crippen LogP contribution in [-0.2, 0) is 0 Å². The third kappa shape index (κ3) is 2.03. The summed E-state index contributed by atoms with van der Waals surface area (Å²) in [5, 5.41) is 29.3. The van der Waals surface area contributed by atoms with Crippen molar-refractivity contribution < 1.29 is 4.42 Å².